The fraction of sp³-hybridized carbons (Fsp3) is 0.529. The van der Waals surface area contributed by atoms with Gasteiger partial charge in [-0.05, 0) is 19.1 Å². The Kier molecular flexibility index (Phi) is 4.29. The molecule has 0 N–H and O–H groups in total. The number of likely N-dealkylation sites (N-methyl/N-ethyl adjacent to an activating group) is 1. The first-order chi connectivity index (χ1) is 11.3. The molecule has 3 rings (SSSR count). The zero-order chi connectivity index (χ0) is 17.5. The lowest BCUT2D eigenvalue weighted by Gasteiger charge is -2.44. The Balaban J connectivity index is 1.59. The number of hydrogen-bond donors (Lipinski definition) is 0. The van der Waals surface area contributed by atoms with Crippen LogP contribution in [0.5, 0.6) is 0 Å². The third kappa shape index (κ3) is 3.26. The lowest BCUT2D eigenvalue weighted by Crippen LogP contribution is -2.60. The molecule has 1 saturated heterocycles. The number of anilines is 1. The normalized spacial score (nSPS) is 15.3. The average molecular weight is 345 g/mol. The van der Waals surface area contributed by atoms with Crippen molar-refractivity contribution >= 4 is 23.1 Å². The van der Waals surface area contributed by atoms with E-state index in [1.165, 1.54) is 11.3 Å². The van der Waals surface area contributed by atoms with Gasteiger partial charge in [-0.25, -0.2) is 4.98 Å². The van der Waals surface area contributed by atoms with Crippen LogP contribution in [0.4, 0.5) is 5.82 Å². The van der Waals surface area contributed by atoms with Gasteiger partial charge < -0.3 is 9.80 Å². The van der Waals surface area contributed by atoms with Gasteiger partial charge in [-0.2, -0.15) is 5.10 Å². The van der Waals surface area contributed by atoms with Crippen LogP contribution in [0.25, 0.3) is 0 Å². The van der Waals surface area contributed by atoms with E-state index < -0.39 is 0 Å². The van der Waals surface area contributed by atoms with Crippen molar-refractivity contribution in [2.24, 2.45) is 0 Å². The number of nitrogens with zero attached hydrogens (tertiary/aromatic N) is 5. The second-order valence-electron chi connectivity index (χ2n) is 7.25. The summed E-state index contributed by atoms with van der Waals surface area (Å²) in [6, 6.07) is 4.22. The topological polar surface area (TPSA) is 62.2 Å². The van der Waals surface area contributed by atoms with Crippen LogP contribution in [0.15, 0.2) is 17.5 Å². The van der Waals surface area contributed by atoms with Crippen LogP contribution in [0.3, 0.4) is 0 Å². The summed E-state index contributed by atoms with van der Waals surface area (Å²) in [5.74, 6) is 0.850. The summed E-state index contributed by atoms with van der Waals surface area (Å²) in [4.78, 5) is 20.6. The SMILES string of the molecule is Cc1nc(C(=O)N(C)C2CN(c3ccc(C(C)(C)C)nn3)C2)cs1. The molecule has 128 valence electrons. The van der Waals surface area contributed by atoms with Crippen LogP contribution in [0.2, 0.25) is 0 Å². The Labute approximate surface area is 146 Å². The molecule has 0 radical (unpaired) electrons. The summed E-state index contributed by atoms with van der Waals surface area (Å²) < 4.78 is 0. The molecule has 2 aromatic rings. The molecular weight excluding hydrogens is 322 g/mol. The fourth-order valence-corrected chi connectivity index (χ4v) is 3.18. The number of hydrogen-bond acceptors (Lipinski definition) is 6. The Bertz CT molecular complexity index is 728. The Morgan fingerprint density at radius 2 is 2.00 bits per heavy atom. The fourth-order valence-electron chi connectivity index (χ4n) is 2.59. The summed E-state index contributed by atoms with van der Waals surface area (Å²) >= 11 is 1.50. The molecule has 2 aromatic heterocycles. The lowest BCUT2D eigenvalue weighted by molar-refractivity contribution is 0.0699. The van der Waals surface area contributed by atoms with Crippen LogP contribution in [0.1, 0.15) is 42.0 Å². The zero-order valence-electron chi connectivity index (χ0n) is 14.8. The quantitative estimate of drug-likeness (QED) is 0.855. The first-order valence-electron chi connectivity index (χ1n) is 8.04. The number of carbonyl (C=O) groups is 1. The van der Waals surface area contributed by atoms with Crippen molar-refractivity contribution in [3.8, 4) is 0 Å². The van der Waals surface area contributed by atoms with Crippen molar-refractivity contribution in [1.82, 2.24) is 20.1 Å². The number of amides is 1. The molecule has 3 heterocycles. The molecule has 1 aliphatic rings. The maximum atomic E-state index is 12.4. The molecule has 0 aromatic carbocycles. The molecule has 24 heavy (non-hydrogen) atoms. The molecule has 7 heteroatoms. The second-order valence-corrected chi connectivity index (χ2v) is 8.32. The van der Waals surface area contributed by atoms with Gasteiger partial charge in [-0.15, -0.1) is 16.4 Å². The van der Waals surface area contributed by atoms with E-state index in [1.54, 1.807) is 4.90 Å². The van der Waals surface area contributed by atoms with Gasteiger partial charge in [0.1, 0.15) is 5.69 Å². The number of rotatable bonds is 3. The molecular formula is C17H23N5OS. The van der Waals surface area contributed by atoms with Gasteiger partial charge in [-0.3, -0.25) is 4.79 Å². The summed E-state index contributed by atoms with van der Waals surface area (Å²) in [7, 11) is 1.84. The third-order valence-electron chi connectivity index (χ3n) is 4.31. The van der Waals surface area contributed by atoms with Crippen molar-refractivity contribution in [3.63, 3.8) is 0 Å². The van der Waals surface area contributed by atoms with Crippen molar-refractivity contribution in [3.05, 3.63) is 33.9 Å². The predicted molar refractivity (Wildman–Crippen MR) is 95.7 cm³/mol. The average Bonchev–Trinajstić information content (AvgIpc) is 2.91. The van der Waals surface area contributed by atoms with E-state index in [1.807, 2.05) is 31.5 Å². The number of aromatic nitrogens is 3. The molecule has 0 spiro atoms. The molecule has 0 unspecified atom stereocenters. The molecule has 0 aliphatic carbocycles. The van der Waals surface area contributed by atoms with Crippen LogP contribution in [-0.4, -0.2) is 52.2 Å². The Morgan fingerprint density at radius 3 is 2.50 bits per heavy atom. The predicted octanol–water partition coefficient (Wildman–Crippen LogP) is 2.50. The van der Waals surface area contributed by atoms with Gasteiger partial charge in [0.2, 0.25) is 0 Å². The van der Waals surface area contributed by atoms with Crippen LogP contribution >= 0.6 is 11.3 Å². The van der Waals surface area contributed by atoms with Crippen molar-refractivity contribution in [2.45, 2.75) is 39.2 Å². The summed E-state index contributed by atoms with van der Waals surface area (Å²) in [6.07, 6.45) is 0. The molecule has 1 aliphatic heterocycles. The van der Waals surface area contributed by atoms with E-state index in [0.29, 0.717) is 5.69 Å². The highest BCUT2D eigenvalue weighted by molar-refractivity contribution is 7.09. The number of aryl methyl sites for hydroxylation is 1. The minimum Gasteiger partial charge on any atom is -0.351 e. The minimum atomic E-state index is -0.0156. The van der Waals surface area contributed by atoms with Crippen LogP contribution in [-0.2, 0) is 5.41 Å². The van der Waals surface area contributed by atoms with Gasteiger partial charge in [0.15, 0.2) is 5.82 Å². The van der Waals surface area contributed by atoms with Crippen molar-refractivity contribution in [2.75, 3.05) is 25.0 Å². The van der Waals surface area contributed by atoms with E-state index in [4.69, 9.17) is 0 Å². The van der Waals surface area contributed by atoms with Gasteiger partial charge in [0.05, 0.1) is 16.7 Å². The molecule has 1 amide bonds. The third-order valence-corrected chi connectivity index (χ3v) is 5.08. The van der Waals surface area contributed by atoms with E-state index in [0.717, 1.165) is 29.6 Å². The van der Waals surface area contributed by atoms with Crippen LogP contribution in [0, 0.1) is 6.92 Å². The molecule has 0 atom stereocenters. The van der Waals surface area contributed by atoms with E-state index in [9.17, 15) is 4.79 Å². The van der Waals surface area contributed by atoms with Crippen molar-refractivity contribution in [1.29, 1.82) is 0 Å². The van der Waals surface area contributed by atoms with E-state index in [-0.39, 0.29) is 17.4 Å². The maximum absolute atomic E-state index is 12.4. The highest BCUT2D eigenvalue weighted by atomic mass is 32.1. The van der Waals surface area contributed by atoms with Gasteiger partial charge in [-0.1, -0.05) is 20.8 Å². The van der Waals surface area contributed by atoms with Gasteiger partial charge in [0, 0.05) is 30.9 Å². The first-order valence-corrected chi connectivity index (χ1v) is 8.92. The highest BCUT2D eigenvalue weighted by Gasteiger charge is 2.34. The number of carbonyl (C=O) groups excluding carboxylic acids is 1. The lowest BCUT2D eigenvalue weighted by atomic mass is 9.92. The molecule has 0 saturated carbocycles. The summed E-state index contributed by atoms with van der Waals surface area (Å²) in [6.45, 7) is 9.82. The largest absolute Gasteiger partial charge is 0.351 e. The molecule has 6 nitrogen and oxygen atoms in total. The second kappa shape index (κ2) is 6.12. The summed E-state index contributed by atoms with van der Waals surface area (Å²) in [5.41, 5.74) is 1.52. The first kappa shape index (κ1) is 16.8. The van der Waals surface area contributed by atoms with E-state index in [2.05, 4.69) is 40.9 Å². The Hall–Kier alpha value is -2.02. The Morgan fingerprint density at radius 1 is 1.29 bits per heavy atom. The monoisotopic (exact) mass is 345 g/mol. The maximum Gasteiger partial charge on any atom is 0.273 e. The van der Waals surface area contributed by atoms with Gasteiger partial charge in [0.25, 0.3) is 5.91 Å². The molecule has 1 fully saturated rings. The standard InChI is InChI=1S/C17H23N5OS/c1-11-18-13(10-24-11)16(23)21(5)12-8-22(9-12)15-7-6-14(19-20-15)17(2,3)4/h6-7,10,12H,8-9H2,1-5H3. The zero-order valence-corrected chi connectivity index (χ0v) is 15.6. The van der Waals surface area contributed by atoms with Gasteiger partial charge >= 0.3 is 0 Å². The van der Waals surface area contributed by atoms with Crippen molar-refractivity contribution < 1.29 is 4.79 Å². The van der Waals surface area contributed by atoms with E-state index >= 15 is 0 Å². The highest BCUT2D eigenvalue weighted by Crippen LogP contribution is 2.25. The summed E-state index contributed by atoms with van der Waals surface area (Å²) in [5, 5.41) is 11.4. The minimum absolute atomic E-state index is 0.00130. The van der Waals surface area contributed by atoms with Crippen LogP contribution < -0.4 is 4.90 Å². The molecule has 0 bridgehead atoms. The smallest absolute Gasteiger partial charge is 0.273 e. The number of thiazole rings is 1.